The molecule has 0 N–H and O–H groups in total. The van der Waals surface area contributed by atoms with Crippen molar-refractivity contribution in [2.24, 2.45) is 0 Å². The summed E-state index contributed by atoms with van der Waals surface area (Å²) in [4.78, 5) is 14.7. The van der Waals surface area contributed by atoms with E-state index < -0.39 is 15.8 Å². The van der Waals surface area contributed by atoms with Gasteiger partial charge >= 0.3 is 0 Å². The third-order valence-corrected chi connectivity index (χ3v) is 6.76. The number of nitrogens with zero attached hydrogens (tertiary/aromatic N) is 2. The van der Waals surface area contributed by atoms with Gasteiger partial charge in [0, 0.05) is 31.7 Å². The minimum Gasteiger partial charge on any atom is -0.293 e. The Morgan fingerprint density at radius 3 is 2.26 bits per heavy atom. The van der Waals surface area contributed by atoms with Crippen LogP contribution in [0.4, 0.5) is 4.39 Å². The van der Waals surface area contributed by atoms with Gasteiger partial charge in [-0.15, -0.1) is 0 Å². The van der Waals surface area contributed by atoms with Gasteiger partial charge < -0.3 is 0 Å². The number of sulfonamides is 1. The van der Waals surface area contributed by atoms with Crippen molar-refractivity contribution in [3.05, 3.63) is 65.0 Å². The lowest BCUT2D eigenvalue weighted by molar-refractivity contribution is 0.0901. The summed E-state index contributed by atoms with van der Waals surface area (Å²) >= 11 is 0. The number of Topliss-reactive ketones (excluding diaryl/α,β-unsaturated/α-hetero) is 1. The molecule has 2 aromatic carbocycles. The molecule has 0 unspecified atom stereocenters. The van der Waals surface area contributed by atoms with Gasteiger partial charge in [-0.05, 0) is 49.7 Å². The number of piperazine rings is 1. The van der Waals surface area contributed by atoms with Gasteiger partial charge in [-0.3, -0.25) is 9.69 Å². The summed E-state index contributed by atoms with van der Waals surface area (Å²) in [6.07, 6.45) is 0. The summed E-state index contributed by atoms with van der Waals surface area (Å²) < 4.78 is 39.7. The van der Waals surface area contributed by atoms with Crippen LogP contribution >= 0.6 is 0 Å². The van der Waals surface area contributed by atoms with Crippen LogP contribution in [0.2, 0.25) is 0 Å². The molecule has 144 valence electrons. The highest BCUT2D eigenvalue weighted by Crippen LogP contribution is 2.19. The van der Waals surface area contributed by atoms with Crippen molar-refractivity contribution < 1.29 is 17.6 Å². The summed E-state index contributed by atoms with van der Waals surface area (Å²) in [6, 6.07) is 10.7. The summed E-state index contributed by atoms with van der Waals surface area (Å²) in [5.74, 6) is -0.422. The number of aryl methyl sites for hydroxylation is 2. The van der Waals surface area contributed by atoms with E-state index in [2.05, 4.69) is 0 Å². The SMILES string of the molecule is Cc1ccc(C)c(C(=O)CN2CCN(S(=O)(=O)c3ccc(F)cc3)CC2)c1. The lowest BCUT2D eigenvalue weighted by Gasteiger charge is -2.33. The third kappa shape index (κ3) is 4.43. The Hall–Kier alpha value is -2.09. The van der Waals surface area contributed by atoms with Gasteiger partial charge in [0.15, 0.2) is 5.78 Å². The van der Waals surface area contributed by atoms with Crippen LogP contribution in [0.5, 0.6) is 0 Å². The largest absolute Gasteiger partial charge is 0.293 e. The molecule has 5 nitrogen and oxygen atoms in total. The molecule has 1 aliphatic rings. The number of hydrogen-bond donors (Lipinski definition) is 0. The molecule has 27 heavy (non-hydrogen) atoms. The molecule has 0 saturated carbocycles. The van der Waals surface area contributed by atoms with Gasteiger partial charge in [0.25, 0.3) is 0 Å². The predicted molar refractivity (Wildman–Crippen MR) is 102 cm³/mol. The molecule has 3 rings (SSSR count). The van der Waals surface area contributed by atoms with Crippen LogP contribution in [0.1, 0.15) is 21.5 Å². The molecule has 2 aromatic rings. The van der Waals surface area contributed by atoms with Crippen molar-refractivity contribution in [2.45, 2.75) is 18.7 Å². The van der Waals surface area contributed by atoms with E-state index in [-0.39, 0.29) is 17.2 Å². The van der Waals surface area contributed by atoms with Crippen molar-refractivity contribution in [1.82, 2.24) is 9.21 Å². The number of carbonyl (C=O) groups excluding carboxylic acids is 1. The second-order valence-corrected chi connectivity index (χ2v) is 8.81. The highest BCUT2D eigenvalue weighted by Gasteiger charge is 2.29. The van der Waals surface area contributed by atoms with Crippen molar-refractivity contribution in [3.8, 4) is 0 Å². The summed E-state index contributed by atoms with van der Waals surface area (Å²) in [7, 11) is -3.64. The average Bonchev–Trinajstić information content (AvgIpc) is 2.64. The van der Waals surface area contributed by atoms with Gasteiger partial charge in [-0.25, -0.2) is 12.8 Å². The lowest BCUT2D eigenvalue weighted by Crippen LogP contribution is -2.49. The van der Waals surface area contributed by atoms with Crippen LogP contribution in [0.15, 0.2) is 47.4 Å². The Kier molecular flexibility index (Phi) is 5.74. The Labute approximate surface area is 159 Å². The fourth-order valence-corrected chi connectivity index (χ4v) is 4.63. The molecule has 1 aliphatic heterocycles. The molecule has 0 bridgehead atoms. The first kappa shape index (κ1) is 19.7. The number of benzene rings is 2. The number of ketones is 1. The molecular formula is C20H23FN2O3S. The Bertz CT molecular complexity index is 934. The first-order valence-corrected chi connectivity index (χ1v) is 10.3. The predicted octanol–water partition coefficient (Wildman–Crippen LogP) is 2.63. The Balaban J connectivity index is 1.62. The van der Waals surface area contributed by atoms with E-state index in [4.69, 9.17) is 0 Å². The normalized spacial score (nSPS) is 16.4. The van der Waals surface area contributed by atoms with Gasteiger partial charge in [-0.2, -0.15) is 4.31 Å². The van der Waals surface area contributed by atoms with E-state index in [1.54, 1.807) is 0 Å². The standard InChI is InChI=1S/C20H23FN2O3S/c1-15-3-4-16(2)19(13-15)20(24)14-22-9-11-23(12-10-22)27(25,26)18-7-5-17(21)6-8-18/h3-8,13H,9-12,14H2,1-2H3. The number of rotatable bonds is 5. The van der Waals surface area contributed by atoms with Crippen LogP contribution < -0.4 is 0 Å². The first-order valence-electron chi connectivity index (χ1n) is 8.86. The molecule has 0 radical (unpaired) electrons. The van der Waals surface area contributed by atoms with Crippen LogP contribution in [0.25, 0.3) is 0 Å². The topological polar surface area (TPSA) is 57.7 Å². The van der Waals surface area contributed by atoms with Crippen LogP contribution in [0, 0.1) is 19.7 Å². The number of carbonyl (C=O) groups is 1. The summed E-state index contributed by atoms with van der Waals surface area (Å²) in [5.41, 5.74) is 2.71. The maximum atomic E-state index is 13.0. The second kappa shape index (κ2) is 7.88. The third-order valence-electron chi connectivity index (χ3n) is 4.84. The molecular weight excluding hydrogens is 367 g/mol. The quantitative estimate of drug-likeness (QED) is 0.737. The van der Waals surface area contributed by atoms with E-state index in [9.17, 15) is 17.6 Å². The van der Waals surface area contributed by atoms with E-state index >= 15 is 0 Å². The maximum absolute atomic E-state index is 13.0. The molecule has 0 aromatic heterocycles. The molecule has 7 heteroatoms. The summed E-state index contributed by atoms with van der Waals surface area (Å²) in [6.45, 7) is 5.72. The van der Waals surface area contributed by atoms with Crippen LogP contribution in [0.3, 0.4) is 0 Å². The molecule has 1 saturated heterocycles. The summed E-state index contributed by atoms with van der Waals surface area (Å²) in [5, 5.41) is 0. The van der Waals surface area contributed by atoms with Crippen LogP contribution in [-0.2, 0) is 10.0 Å². The monoisotopic (exact) mass is 390 g/mol. The minimum absolute atomic E-state index is 0.0473. The molecule has 1 fully saturated rings. The highest BCUT2D eigenvalue weighted by atomic mass is 32.2. The number of halogens is 1. The average molecular weight is 390 g/mol. The fourth-order valence-electron chi connectivity index (χ4n) is 3.21. The molecule has 0 atom stereocenters. The van der Waals surface area contributed by atoms with Crippen molar-refractivity contribution in [1.29, 1.82) is 0 Å². The lowest BCUT2D eigenvalue weighted by atomic mass is 10.0. The van der Waals surface area contributed by atoms with Gasteiger partial charge in [0.1, 0.15) is 5.82 Å². The smallest absolute Gasteiger partial charge is 0.243 e. The van der Waals surface area contributed by atoms with E-state index in [0.717, 1.165) is 28.8 Å². The molecule has 0 amide bonds. The number of hydrogen-bond acceptors (Lipinski definition) is 4. The fraction of sp³-hybridized carbons (Fsp3) is 0.350. The Morgan fingerprint density at radius 2 is 1.63 bits per heavy atom. The zero-order chi connectivity index (χ0) is 19.6. The maximum Gasteiger partial charge on any atom is 0.243 e. The Morgan fingerprint density at radius 1 is 1.00 bits per heavy atom. The van der Waals surface area contributed by atoms with Crippen molar-refractivity contribution in [3.63, 3.8) is 0 Å². The van der Waals surface area contributed by atoms with Gasteiger partial charge in [0.2, 0.25) is 10.0 Å². The second-order valence-electron chi connectivity index (χ2n) is 6.88. The van der Waals surface area contributed by atoms with Crippen LogP contribution in [-0.4, -0.2) is 56.1 Å². The molecule has 0 aliphatic carbocycles. The highest BCUT2D eigenvalue weighted by molar-refractivity contribution is 7.89. The zero-order valence-electron chi connectivity index (χ0n) is 15.5. The first-order chi connectivity index (χ1) is 12.8. The van der Waals surface area contributed by atoms with E-state index in [0.29, 0.717) is 26.2 Å². The van der Waals surface area contributed by atoms with Gasteiger partial charge in [0.05, 0.1) is 11.4 Å². The van der Waals surface area contributed by atoms with E-state index in [1.165, 1.54) is 16.4 Å². The van der Waals surface area contributed by atoms with Gasteiger partial charge in [-0.1, -0.05) is 17.7 Å². The zero-order valence-corrected chi connectivity index (χ0v) is 16.3. The molecule has 0 spiro atoms. The van der Waals surface area contributed by atoms with E-state index in [1.807, 2.05) is 36.9 Å². The van der Waals surface area contributed by atoms with Crippen molar-refractivity contribution in [2.75, 3.05) is 32.7 Å². The minimum atomic E-state index is -3.64. The molecule has 1 heterocycles. The van der Waals surface area contributed by atoms with Crippen molar-refractivity contribution >= 4 is 15.8 Å².